The first kappa shape index (κ1) is 31.7. The Morgan fingerprint density at radius 2 is 1.52 bits per heavy atom. The highest BCUT2D eigenvalue weighted by Crippen LogP contribution is 2.43. The molecule has 10 unspecified atom stereocenters. The molecule has 3 aliphatic rings. The normalized spacial score (nSPS) is 34.5. The molecule has 16 heteroatoms. The second kappa shape index (κ2) is 12.4. The first-order valence-electron chi connectivity index (χ1n) is 13.4. The van der Waals surface area contributed by atoms with Crippen molar-refractivity contribution in [2.75, 3.05) is 13.7 Å². The Balaban J connectivity index is 1.34. The average Bonchev–Trinajstić information content (AvgIpc) is 3.30. The van der Waals surface area contributed by atoms with Crippen molar-refractivity contribution in [3.8, 4) is 34.5 Å². The van der Waals surface area contributed by atoms with Gasteiger partial charge in [-0.05, 0) is 30.7 Å². The van der Waals surface area contributed by atoms with Gasteiger partial charge in [0.05, 0.1) is 19.8 Å². The molecule has 2 fully saturated rings. The van der Waals surface area contributed by atoms with Gasteiger partial charge in [0, 0.05) is 12.1 Å². The van der Waals surface area contributed by atoms with Crippen molar-refractivity contribution in [2.24, 2.45) is 0 Å². The Hall–Kier alpha value is -3.71. The number of ketones is 1. The fraction of sp³-hybridized carbons (Fsp3) is 0.464. The number of carbonyl (C=O) groups is 1. The number of Topliss-reactive ketones (excluding diaryl/α,β-unsaturated/α-hetero) is 1. The Bertz CT molecular complexity index is 1400. The minimum atomic E-state index is -1.79. The predicted molar refractivity (Wildman–Crippen MR) is 143 cm³/mol. The number of aliphatic hydroxyl groups excluding tert-OH is 6. The Morgan fingerprint density at radius 3 is 2.16 bits per heavy atom. The van der Waals surface area contributed by atoms with E-state index in [2.05, 4.69) is 0 Å². The van der Waals surface area contributed by atoms with E-state index in [4.69, 9.17) is 28.4 Å². The SMILES string of the molecule is COc1cc(OC2OC(CO)C(OC3OC(C)C(O)C(O)C3O)C(O)C2O)cc2c1C(=O)/C(=C\c1cc(O)c(O)c(O)c1)O2. The van der Waals surface area contributed by atoms with E-state index in [0.717, 1.165) is 12.1 Å². The molecule has 0 radical (unpaired) electrons. The van der Waals surface area contributed by atoms with E-state index in [1.165, 1.54) is 32.2 Å². The fourth-order valence-corrected chi connectivity index (χ4v) is 5.08. The molecular weight excluding hydrogens is 592 g/mol. The topological polar surface area (TPSA) is 255 Å². The minimum absolute atomic E-state index is 0.00589. The number of ether oxygens (including phenoxy) is 6. The fourth-order valence-electron chi connectivity index (χ4n) is 5.08. The summed E-state index contributed by atoms with van der Waals surface area (Å²) in [6, 6.07) is 4.77. The lowest BCUT2D eigenvalue weighted by Crippen LogP contribution is -2.64. The number of rotatable bonds is 7. The summed E-state index contributed by atoms with van der Waals surface area (Å²) in [6.07, 6.45) is -14.0. The zero-order valence-corrected chi connectivity index (χ0v) is 23.3. The van der Waals surface area contributed by atoms with Gasteiger partial charge < -0.3 is 74.4 Å². The van der Waals surface area contributed by atoms with E-state index >= 15 is 0 Å². The third kappa shape index (κ3) is 5.74. The number of hydrogen-bond donors (Lipinski definition) is 9. The summed E-state index contributed by atoms with van der Waals surface area (Å²) in [5, 5.41) is 91.0. The van der Waals surface area contributed by atoms with E-state index in [9.17, 15) is 50.8 Å². The van der Waals surface area contributed by atoms with E-state index in [1.807, 2.05) is 0 Å². The van der Waals surface area contributed by atoms with Gasteiger partial charge in [-0.25, -0.2) is 0 Å². The van der Waals surface area contributed by atoms with Crippen LogP contribution in [0.15, 0.2) is 30.0 Å². The van der Waals surface area contributed by atoms with E-state index in [0.29, 0.717) is 0 Å². The molecule has 44 heavy (non-hydrogen) atoms. The van der Waals surface area contributed by atoms with Crippen LogP contribution in [0.1, 0.15) is 22.8 Å². The maximum atomic E-state index is 13.1. The maximum Gasteiger partial charge on any atom is 0.235 e. The summed E-state index contributed by atoms with van der Waals surface area (Å²) < 4.78 is 33.4. The summed E-state index contributed by atoms with van der Waals surface area (Å²) in [4.78, 5) is 13.1. The van der Waals surface area contributed by atoms with E-state index in [1.54, 1.807) is 0 Å². The third-order valence-electron chi connectivity index (χ3n) is 7.49. The van der Waals surface area contributed by atoms with Crippen molar-refractivity contribution in [2.45, 2.75) is 68.3 Å². The number of carbonyl (C=O) groups excluding carboxylic acids is 1. The molecule has 2 aromatic rings. The summed E-state index contributed by atoms with van der Waals surface area (Å²) in [5.74, 6) is -2.86. The quantitative estimate of drug-likeness (QED) is 0.125. The van der Waals surface area contributed by atoms with Crippen LogP contribution < -0.4 is 14.2 Å². The number of methoxy groups -OCH3 is 1. The number of aliphatic hydroxyl groups is 6. The number of allylic oxidation sites excluding steroid dienone is 1. The standard InChI is InChI=1S/C28H32O16/c1-9-19(32)22(35)24(37)27(40-9)44-26-17(8-29)43-28(25(38)23(26)36)41-11-6-14(39-2)18-15(7-11)42-16(21(18)34)5-10-3-12(30)20(33)13(31)4-10/h3-7,9,17,19,22-33,35-38H,8H2,1-2H3/b16-5+. The first-order chi connectivity index (χ1) is 20.8. The number of phenolic OH excluding ortho intramolecular Hbond substituents is 3. The molecule has 0 saturated carbocycles. The zero-order valence-electron chi connectivity index (χ0n) is 23.3. The van der Waals surface area contributed by atoms with Crippen molar-refractivity contribution in [1.82, 2.24) is 0 Å². The highest BCUT2D eigenvalue weighted by atomic mass is 16.7. The highest BCUT2D eigenvalue weighted by molar-refractivity contribution is 6.16. The van der Waals surface area contributed by atoms with Crippen LogP contribution in [0.2, 0.25) is 0 Å². The second-order valence-electron chi connectivity index (χ2n) is 10.5. The summed E-state index contributed by atoms with van der Waals surface area (Å²) in [6.45, 7) is 0.690. The number of benzene rings is 2. The van der Waals surface area contributed by atoms with E-state index < -0.39 is 91.1 Å². The van der Waals surface area contributed by atoms with Crippen LogP contribution in [0.25, 0.3) is 6.08 Å². The van der Waals surface area contributed by atoms with Crippen molar-refractivity contribution in [3.63, 3.8) is 0 Å². The van der Waals surface area contributed by atoms with Gasteiger partial charge in [-0.1, -0.05) is 0 Å². The molecular formula is C28H32O16. The number of hydrogen-bond acceptors (Lipinski definition) is 16. The van der Waals surface area contributed by atoms with Crippen LogP contribution in [0.4, 0.5) is 0 Å². The van der Waals surface area contributed by atoms with Gasteiger partial charge in [-0.2, -0.15) is 0 Å². The first-order valence-corrected chi connectivity index (χ1v) is 13.4. The van der Waals surface area contributed by atoms with Gasteiger partial charge in [0.15, 0.2) is 29.3 Å². The summed E-state index contributed by atoms with van der Waals surface area (Å²) in [7, 11) is 1.28. The third-order valence-corrected chi connectivity index (χ3v) is 7.49. The van der Waals surface area contributed by atoms with E-state index in [-0.39, 0.29) is 34.1 Å². The molecule has 2 saturated heterocycles. The number of fused-ring (bicyclic) bond motifs is 1. The van der Waals surface area contributed by atoms with Gasteiger partial charge in [-0.3, -0.25) is 4.79 Å². The summed E-state index contributed by atoms with van der Waals surface area (Å²) in [5.41, 5.74) is 0.146. The molecule has 5 rings (SSSR count). The van der Waals surface area contributed by atoms with Crippen molar-refractivity contribution in [3.05, 3.63) is 41.2 Å². The van der Waals surface area contributed by atoms with Crippen molar-refractivity contribution < 1.29 is 79.2 Å². The Labute approximate surface area is 249 Å². The second-order valence-corrected chi connectivity index (χ2v) is 10.5. The molecule has 2 aromatic carbocycles. The van der Waals surface area contributed by atoms with Crippen LogP contribution in [0.5, 0.6) is 34.5 Å². The van der Waals surface area contributed by atoms with Crippen LogP contribution in [0, 0.1) is 0 Å². The molecule has 16 nitrogen and oxygen atoms in total. The molecule has 0 aromatic heterocycles. The minimum Gasteiger partial charge on any atom is -0.504 e. The average molecular weight is 625 g/mol. The monoisotopic (exact) mass is 624 g/mol. The maximum absolute atomic E-state index is 13.1. The molecule has 9 N–H and O–H groups in total. The van der Waals surface area contributed by atoms with Gasteiger partial charge in [0.1, 0.15) is 65.5 Å². The lowest BCUT2D eigenvalue weighted by Gasteiger charge is -2.45. The highest BCUT2D eigenvalue weighted by Gasteiger charge is 2.50. The molecule has 0 spiro atoms. The summed E-state index contributed by atoms with van der Waals surface area (Å²) >= 11 is 0. The largest absolute Gasteiger partial charge is 0.504 e. The smallest absolute Gasteiger partial charge is 0.235 e. The molecule has 240 valence electrons. The van der Waals surface area contributed by atoms with Crippen molar-refractivity contribution in [1.29, 1.82) is 0 Å². The molecule has 3 heterocycles. The number of aromatic hydroxyl groups is 3. The molecule has 3 aliphatic heterocycles. The van der Waals surface area contributed by atoms with Crippen LogP contribution in [-0.2, 0) is 14.2 Å². The van der Waals surface area contributed by atoms with Gasteiger partial charge >= 0.3 is 0 Å². The van der Waals surface area contributed by atoms with Crippen LogP contribution in [0.3, 0.4) is 0 Å². The molecule has 0 amide bonds. The predicted octanol–water partition coefficient (Wildman–Crippen LogP) is -1.54. The van der Waals surface area contributed by atoms with Crippen LogP contribution >= 0.6 is 0 Å². The van der Waals surface area contributed by atoms with Gasteiger partial charge in [0.2, 0.25) is 12.1 Å². The Morgan fingerprint density at radius 1 is 0.864 bits per heavy atom. The van der Waals surface area contributed by atoms with Crippen molar-refractivity contribution >= 4 is 11.9 Å². The number of phenols is 3. The molecule has 0 bridgehead atoms. The lowest BCUT2D eigenvalue weighted by molar-refractivity contribution is -0.349. The Kier molecular flexibility index (Phi) is 8.90. The van der Waals surface area contributed by atoms with Crippen LogP contribution in [-0.4, -0.2) is 127 Å². The lowest BCUT2D eigenvalue weighted by atomic mass is 9.97. The molecule has 0 aliphatic carbocycles. The zero-order chi connectivity index (χ0) is 32.0. The van der Waals surface area contributed by atoms with Gasteiger partial charge in [0.25, 0.3) is 0 Å². The van der Waals surface area contributed by atoms with Gasteiger partial charge in [-0.15, -0.1) is 0 Å². The molecule has 10 atom stereocenters.